The molecule has 138 valence electrons. The molecule has 0 aliphatic carbocycles. The zero-order valence-corrected chi connectivity index (χ0v) is 15.6. The van der Waals surface area contributed by atoms with Crippen molar-refractivity contribution in [3.05, 3.63) is 28.8 Å². The Labute approximate surface area is 153 Å². The number of sulfonamides is 1. The number of hydrogen-bond donors (Lipinski definition) is 1. The molecular formula is C17H23ClN2O4S. The van der Waals surface area contributed by atoms with Crippen LogP contribution in [0.3, 0.4) is 0 Å². The zero-order valence-electron chi connectivity index (χ0n) is 14.0. The van der Waals surface area contributed by atoms with Crippen molar-refractivity contribution in [3.8, 4) is 0 Å². The lowest BCUT2D eigenvalue weighted by Gasteiger charge is -2.26. The maximum absolute atomic E-state index is 12.8. The van der Waals surface area contributed by atoms with Gasteiger partial charge in [0.2, 0.25) is 10.0 Å². The second-order valence-corrected chi connectivity index (χ2v) is 8.80. The van der Waals surface area contributed by atoms with E-state index in [1.54, 1.807) is 0 Å². The number of carbonyl (C=O) groups is 1. The van der Waals surface area contributed by atoms with Gasteiger partial charge in [-0.25, -0.2) is 8.42 Å². The summed E-state index contributed by atoms with van der Waals surface area (Å²) in [5.74, 6) is -0.379. The predicted molar refractivity (Wildman–Crippen MR) is 95.4 cm³/mol. The van der Waals surface area contributed by atoms with Gasteiger partial charge >= 0.3 is 0 Å². The molecule has 0 radical (unpaired) electrons. The van der Waals surface area contributed by atoms with E-state index in [-0.39, 0.29) is 27.5 Å². The highest BCUT2D eigenvalue weighted by Gasteiger charge is 2.27. The van der Waals surface area contributed by atoms with Crippen molar-refractivity contribution in [1.82, 2.24) is 9.62 Å². The molecule has 0 unspecified atom stereocenters. The number of halogens is 1. The summed E-state index contributed by atoms with van der Waals surface area (Å²) in [6.45, 7) is 2.15. The van der Waals surface area contributed by atoms with Crippen molar-refractivity contribution < 1.29 is 17.9 Å². The van der Waals surface area contributed by atoms with Gasteiger partial charge in [-0.2, -0.15) is 4.31 Å². The van der Waals surface area contributed by atoms with Gasteiger partial charge in [-0.05, 0) is 43.9 Å². The molecular weight excluding hydrogens is 364 g/mol. The average Bonchev–Trinajstić information content (AvgIpc) is 3.14. The minimum Gasteiger partial charge on any atom is -0.376 e. The van der Waals surface area contributed by atoms with Crippen molar-refractivity contribution in [2.75, 3.05) is 26.2 Å². The molecule has 1 N–H and O–H groups in total. The number of piperidine rings is 1. The van der Waals surface area contributed by atoms with Crippen LogP contribution in [0.5, 0.6) is 0 Å². The molecule has 1 aromatic rings. The standard InChI is InChI=1S/C17H23ClN2O4S/c18-16-7-6-14(25(22,23)20-8-2-1-3-9-20)11-15(16)17(21)19-12-13-5-4-10-24-13/h6-7,11,13H,1-5,8-10,12H2,(H,19,21)/t13-/m0/s1. The van der Waals surface area contributed by atoms with Crippen LogP contribution in [-0.2, 0) is 14.8 Å². The number of benzene rings is 1. The predicted octanol–water partition coefficient (Wildman–Crippen LogP) is 2.42. The van der Waals surface area contributed by atoms with Crippen LogP contribution in [0.15, 0.2) is 23.1 Å². The second kappa shape index (κ2) is 8.03. The molecule has 0 aromatic heterocycles. The van der Waals surface area contributed by atoms with E-state index in [0.29, 0.717) is 26.2 Å². The summed E-state index contributed by atoms with van der Waals surface area (Å²) in [5, 5.41) is 3.02. The lowest BCUT2D eigenvalue weighted by molar-refractivity contribution is 0.0857. The maximum atomic E-state index is 12.8. The van der Waals surface area contributed by atoms with Crippen LogP contribution in [0.2, 0.25) is 5.02 Å². The molecule has 2 saturated heterocycles. The molecule has 25 heavy (non-hydrogen) atoms. The van der Waals surface area contributed by atoms with E-state index in [0.717, 1.165) is 32.1 Å². The van der Waals surface area contributed by atoms with E-state index >= 15 is 0 Å². The monoisotopic (exact) mass is 386 g/mol. The molecule has 6 nitrogen and oxygen atoms in total. The summed E-state index contributed by atoms with van der Waals surface area (Å²) in [4.78, 5) is 12.5. The van der Waals surface area contributed by atoms with Crippen molar-refractivity contribution in [1.29, 1.82) is 0 Å². The first kappa shape index (κ1) is 18.6. The van der Waals surface area contributed by atoms with Crippen LogP contribution >= 0.6 is 11.6 Å². The van der Waals surface area contributed by atoms with Gasteiger partial charge in [0.15, 0.2) is 0 Å². The number of carbonyl (C=O) groups excluding carboxylic acids is 1. The quantitative estimate of drug-likeness (QED) is 0.843. The van der Waals surface area contributed by atoms with E-state index in [2.05, 4.69) is 5.32 Å². The highest BCUT2D eigenvalue weighted by atomic mass is 35.5. The third-order valence-electron chi connectivity index (χ3n) is 4.65. The molecule has 0 saturated carbocycles. The SMILES string of the molecule is O=C(NC[C@@H]1CCCO1)c1cc(S(=O)(=O)N2CCCCC2)ccc1Cl. The van der Waals surface area contributed by atoms with E-state index in [1.165, 1.54) is 22.5 Å². The molecule has 2 fully saturated rings. The Morgan fingerprint density at radius 3 is 2.68 bits per heavy atom. The fraction of sp³-hybridized carbons (Fsp3) is 0.588. The molecule has 0 bridgehead atoms. The number of rotatable bonds is 5. The smallest absolute Gasteiger partial charge is 0.252 e. The van der Waals surface area contributed by atoms with Gasteiger partial charge in [0.25, 0.3) is 5.91 Å². The Hall–Kier alpha value is -1.15. The number of nitrogens with one attached hydrogen (secondary N) is 1. The van der Waals surface area contributed by atoms with Gasteiger partial charge < -0.3 is 10.1 Å². The number of ether oxygens (including phenoxy) is 1. The first-order chi connectivity index (χ1) is 12.0. The topological polar surface area (TPSA) is 75.7 Å². The van der Waals surface area contributed by atoms with E-state index in [9.17, 15) is 13.2 Å². The third-order valence-corrected chi connectivity index (χ3v) is 6.87. The van der Waals surface area contributed by atoms with Crippen LogP contribution in [0.25, 0.3) is 0 Å². The summed E-state index contributed by atoms with van der Waals surface area (Å²) in [5.41, 5.74) is 0.178. The first-order valence-electron chi connectivity index (χ1n) is 8.68. The van der Waals surface area contributed by atoms with Crippen molar-refractivity contribution in [3.63, 3.8) is 0 Å². The highest BCUT2D eigenvalue weighted by Crippen LogP contribution is 2.25. The fourth-order valence-electron chi connectivity index (χ4n) is 3.20. The minimum atomic E-state index is -3.60. The molecule has 8 heteroatoms. The summed E-state index contributed by atoms with van der Waals surface area (Å²) in [6, 6.07) is 4.31. The Morgan fingerprint density at radius 2 is 2.00 bits per heavy atom. The molecule has 3 rings (SSSR count). The summed E-state index contributed by atoms with van der Waals surface area (Å²) in [7, 11) is -3.60. The molecule has 2 aliphatic rings. The van der Waals surface area contributed by atoms with Gasteiger partial charge in [-0.1, -0.05) is 18.0 Å². The summed E-state index contributed by atoms with van der Waals surface area (Å²) in [6.07, 6.45) is 4.69. The summed E-state index contributed by atoms with van der Waals surface area (Å²) >= 11 is 6.12. The van der Waals surface area contributed by atoms with E-state index in [1.807, 2.05) is 0 Å². The zero-order chi connectivity index (χ0) is 17.9. The molecule has 2 heterocycles. The number of hydrogen-bond acceptors (Lipinski definition) is 4. The van der Waals surface area contributed by atoms with Crippen molar-refractivity contribution in [2.45, 2.75) is 43.1 Å². The van der Waals surface area contributed by atoms with Crippen molar-refractivity contribution >= 4 is 27.5 Å². The Balaban J connectivity index is 1.76. The van der Waals surface area contributed by atoms with Crippen LogP contribution < -0.4 is 5.32 Å². The molecule has 0 spiro atoms. The summed E-state index contributed by atoms with van der Waals surface area (Å²) < 4.78 is 32.5. The second-order valence-electron chi connectivity index (χ2n) is 6.45. The number of amides is 1. The normalized spacial score (nSPS) is 22.0. The Bertz CT molecular complexity index is 726. The lowest BCUT2D eigenvalue weighted by atomic mass is 10.2. The molecule has 2 aliphatic heterocycles. The van der Waals surface area contributed by atoms with Gasteiger partial charge in [-0.15, -0.1) is 0 Å². The van der Waals surface area contributed by atoms with E-state index < -0.39 is 10.0 Å². The van der Waals surface area contributed by atoms with Gasteiger partial charge in [0.1, 0.15) is 0 Å². The highest BCUT2D eigenvalue weighted by molar-refractivity contribution is 7.89. The minimum absolute atomic E-state index is 0.0167. The molecule has 1 aromatic carbocycles. The Kier molecular flexibility index (Phi) is 5.99. The lowest BCUT2D eigenvalue weighted by Crippen LogP contribution is -2.36. The van der Waals surface area contributed by atoms with Crippen LogP contribution in [0, 0.1) is 0 Å². The van der Waals surface area contributed by atoms with Gasteiger partial charge in [0.05, 0.1) is 21.6 Å². The first-order valence-corrected chi connectivity index (χ1v) is 10.5. The van der Waals surface area contributed by atoms with Gasteiger partial charge in [-0.3, -0.25) is 4.79 Å². The largest absolute Gasteiger partial charge is 0.376 e. The Morgan fingerprint density at radius 1 is 1.24 bits per heavy atom. The number of nitrogens with zero attached hydrogens (tertiary/aromatic N) is 1. The van der Waals surface area contributed by atoms with Gasteiger partial charge in [0, 0.05) is 26.2 Å². The van der Waals surface area contributed by atoms with E-state index in [4.69, 9.17) is 16.3 Å². The maximum Gasteiger partial charge on any atom is 0.252 e. The average molecular weight is 387 g/mol. The van der Waals surface area contributed by atoms with Crippen LogP contribution in [-0.4, -0.2) is 51.0 Å². The van der Waals surface area contributed by atoms with Crippen LogP contribution in [0.1, 0.15) is 42.5 Å². The fourth-order valence-corrected chi connectivity index (χ4v) is 4.95. The van der Waals surface area contributed by atoms with Crippen LogP contribution in [0.4, 0.5) is 0 Å². The molecule has 1 amide bonds. The van der Waals surface area contributed by atoms with Crippen molar-refractivity contribution in [2.24, 2.45) is 0 Å². The third kappa shape index (κ3) is 4.34. The molecule has 1 atom stereocenters.